The van der Waals surface area contributed by atoms with Crippen molar-refractivity contribution in [2.24, 2.45) is 0 Å². The smallest absolute Gasteiger partial charge is 0.162 e. The molecule has 0 unspecified atom stereocenters. The number of aromatic nitrogens is 6. The van der Waals surface area contributed by atoms with Crippen molar-refractivity contribution in [2.45, 2.75) is 46.8 Å². The number of benzene rings is 2. The molecule has 0 bridgehead atoms. The predicted octanol–water partition coefficient (Wildman–Crippen LogP) is 6.17. The maximum atomic E-state index is 14.3. The summed E-state index contributed by atoms with van der Waals surface area (Å²) in [6, 6.07) is 11.8. The van der Waals surface area contributed by atoms with Crippen molar-refractivity contribution in [3.05, 3.63) is 84.1 Å². The van der Waals surface area contributed by atoms with E-state index in [1.807, 2.05) is 42.8 Å². The number of ether oxygens (including phenoxy) is 2. The predicted molar refractivity (Wildman–Crippen MR) is 138 cm³/mol. The molecule has 0 saturated heterocycles. The van der Waals surface area contributed by atoms with Crippen LogP contribution in [0, 0.1) is 19.7 Å². The van der Waals surface area contributed by atoms with Crippen LogP contribution in [-0.4, -0.2) is 29.7 Å². The fourth-order valence-corrected chi connectivity index (χ4v) is 3.92. The zero-order valence-corrected chi connectivity index (χ0v) is 21.4. The van der Waals surface area contributed by atoms with E-state index < -0.39 is 5.82 Å². The molecule has 0 atom stereocenters. The van der Waals surface area contributed by atoms with E-state index in [0.29, 0.717) is 23.1 Å². The Morgan fingerprint density at radius 3 is 2.27 bits per heavy atom. The van der Waals surface area contributed by atoms with E-state index in [4.69, 9.17) is 14.6 Å². The van der Waals surface area contributed by atoms with E-state index in [0.717, 1.165) is 33.5 Å². The lowest BCUT2D eigenvalue weighted by molar-refractivity contribution is 0.301. The van der Waals surface area contributed by atoms with Crippen molar-refractivity contribution >= 4 is 11.0 Å². The number of fused-ring (bicyclic) bond motifs is 1. The first-order valence-corrected chi connectivity index (χ1v) is 11.9. The number of nitrogens with zero attached hydrogens (tertiary/aromatic N) is 6. The molecule has 188 valence electrons. The second-order valence-corrected chi connectivity index (χ2v) is 9.77. The van der Waals surface area contributed by atoms with Crippen molar-refractivity contribution in [3.63, 3.8) is 0 Å². The molecule has 37 heavy (non-hydrogen) atoms. The molecule has 3 aromatic heterocycles. The molecule has 3 heterocycles. The monoisotopic (exact) mass is 498 g/mol. The summed E-state index contributed by atoms with van der Waals surface area (Å²) >= 11 is 0. The molecule has 0 N–H and O–H groups in total. The summed E-state index contributed by atoms with van der Waals surface area (Å²) in [5.41, 5.74) is 3.90. The summed E-state index contributed by atoms with van der Waals surface area (Å²) in [5.74, 6) is 1.45. The van der Waals surface area contributed by atoms with Crippen LogP contribution >= 0.6 is 0 Å². The number of rotatable bonds is 6. The summed E-state index contributed by atoms with van der Waals surface area (Å²) in [7, 11) is 0. The maximum absolute atomic E-state index is 14.3. The van der Waals surface area contributed by atoms with Crippen LogP contribution in [0.1, 0.15) is 37.9 Å². The first-order valence-electron chi connectivity index (χ1n) is 11.9. The minimum absolute atomic E-state index is 0.218. The third-order valence-corrected chi connectivity index (χ3v) is 5.74. The van der Waals surface area contributed by atoms with Gasteiger partial charge in [-0.1, -0.05) is 0 Å². The fraction of sp³-hybridized carbons (Fsp3) is 0.250. The van der Waals surface area contributed by atoms with Crippen LogP contribution in [0.2, 0.25) is 0 Å². The van der Waals surface area contributed by atoms with E-state index in [1.165, 1.54) is 12.1 Å². The summed E-state index contributed by atoms with van der Waals surface area (Å²) in [6.45, 7) is 10.2. The molecule has 5 rings (SSSR count). The minimum Gasteiger partial charge on any atom is -0.489 e. The molecule has 0 aliphatic heterocycles. The van der Waals surface area contributed by atoms with Crippen molar-refractivity contribution in [1.82, 2.24) is 29.7 Å². The first-order chi connectivity index (χ1) is 17.7. The van der Waals surface area contributed by atoms with Crippen LogP contribution in [0.5, 0.6) is 17.2 Å². The van der Waals surface area contributed by atoms with E-state index in [-0.39, 0.29) is 12.1 Å². The summed E-state index contributed by atoms with van der Waals surface area (Å²) < 4.78 is 27.9. The zero-order chi connectivity index (χ0) is 26.2. The molecular weight excluding hydrogens is 471 g/mol. The highest BCUT2D eigenvalue weighted by atomic mass is 19.1. The Balaban J connectivity index is 1.37. The lowest BCUT2D eigenvalue weighted by atomic mass is 10.1. The lowest BCUT2D eigenvalue weighted by Crippen LogP contribution is -2.23. The van der Waals surface area contributed by atoms with Crippen LogP contribution in [-0.2, 0) is 12.1 Å². The number of hydrogen-bond donors (Lipinski definition) is 0. The molecule has 0 saturated carbocycles. The second kappa shape index (κ2) is 9.57. The van der Waals surface area contributed by atoms with Gasteiger partial charge in [0.15, 0.2) is 5.65 Å². The van der Waals surface area contributed by atoms with E-state index in [1.54, 1.807) is 24.8 Å². The van der Waals surface area contributed by atoms with Gasteiger partial charge in [0.05, 0.1) is 16.6 Å². The summed E-state index contributed by atoms with van der Waals surface area (Å²) in [5, 5.41) is 5.79. The SMILES string of the molecule is Cc1ncc(COc2cc(F)cc(Oc3ccc(-c4nn(C(C)(C)C)c5ncnc(C)c45)cc3)c2)cn1. The Morgan fingerprint density at radius 1 is 0.865 bits per heavy atom. The molecule has 0 radical (unpaired) electrons. The van der Waals surface area contributed by atoms with Crippen molar-refractivity contribution in [3.8, 4) is 28.5 Å². The molecule has 9 heteroatoms. The highest BCUT2D eigenvalue weighted by Crippen LogP contribution is 2.34. The number of hydrogen-bond acceptors (Lipinski definition) is 7. The zero-order valence-electron chi connectivity index (χ0n) is 21.4. The lowest BCUT2D eigenvalue weighted by Gasteiger charge is -2.19. The topological polar surface area (TPSA) is 87.8 Å². The van der Waals surface area contributed by atoms with Gasteiger partial charge in [0.1, 0.15) is 47.5 Å². The van der Waals surface area contributed by atoms with Crippen LogP contribution < -0.4 is 9.47 Å². The third-order valence-electron chi connectivity index (χ3n) is 5.74. The fourth-order valence-electron chi connectivity index (χ4n) is 3.92. The van der Waals surface area contributed by atoms with E-state index in [2.05, 4.69) is 40.7 Å². The molecule has 0 aliphatic carbocycles. The standard InChI is InChI=1S/C28H27FN6O2/c1-17-25-26(34-35(28(3,4)5)27(25)33-16-32-17)20-6-8-22(9-7-20)37-24-11-21(29)10-23(12-24)36-15-19-13-30-18(2)31-14-19/h6-14,16H,15H2,1-5H3. The van der Waals surface area contributed by atoms with Crippen LogP contribution in [0.3, 0.4) is 0 Å². The average Bonchev–Trinajstić information content (AvgIpc) is 3.26. The van der Waals surface area contributed by atoms with Gasteiger partial charge < -0.3 is 9.47 Å². The molecular formula is C28H27FN6O2. The van der Waals surface area contributed by atoms with Gasteiger partial charge in [-0.05, 0) is 58.9 Å². The minimum atomic E-state index is -0.459. The van der Waals surface area contributed by atoms with Gasteiger partial charge in [0.25, 0.3) is 0 Å². The molecule has 8 nitrogen and oxygen atoms in total. The quantitative estimate of drug-likeness (QED) is 0.277. The molecule has 2 aromatic carbocycles. The third kappa shape index (κ3) is 5.25. The molecule has 0 fully saturated rings. The normalized spacial score (nSPS) is 11.6. The van der Waals surface area contributed by atoms with E-state index >= 15 is 0 Å². The Bertz CT molecular complexity index is 1560. The molecule has 0 amide bonds. The Kier molecular flexibility index (Phi) is 6.29. The van der Waals surface area contributed by atoms with Gasteiger partial charge >= 0.3 is 0 Å². The van der Waals surface area contributed by atoms with Gasteiger partial charge in [-0.2, -0.15) is 5.10 Å². The van der Waals surface area contributed by atoms with Gasteiger partial charge in [-0.25, -0.2) is 29.0 Å². The highest BCUT2D eigenvalue weighted by Gasteiger charge is 2.23. The molecule has 0 spiro atoms. The van der Waals surface area contributed by atoms with Crippen LogP contribution in [0.4, 0.5) is 4.39 Å². The first kappa shape index (κ1) is 24.3. The highest BCUT2D eigenvalue weighted by molar-refractivity contribution is 5.93. The van der Waals surface area contributed by atoms with Crippen LogP contribution in [0.15, 0.2) is 61.2 Å². The summed E-state index contributed by atoms with van der Waals surface area (Å²) in [6.07, 6.45) is 4.93. The average molecular weight is 499 g/mol. The van der Waals surface area contributed by atoms with Crippen molar-refractivity contribution in [2.75, 3.05) is 0 Å². The van der Waals surface area contributed by atoms with Crippen molar-refractivity contribution in [1.29, 1.82) is 0 Å². The Hall–Kier alpha value is -4.40. The van der Waals surface area contributed by atoms with Gasteiger partial charge in [0.2, 0.25) is 0 Å². The number of halogens is 1. The summed E-state index contributed by atoms with van der Waals surface area (Å²) in [4.78, 5) is 17.2. The number of aryl methyl sites for hydroxylation is 2. The molecule has 5 aromatic rings. The Labute approximate surface area is 214 Å². The Morgan fingerprint density at radius 2 is 1.57 bits per heavy atom. The second-order valence-electron chi connectivity index (χ2n) is 9.77. The van der Waals surface area contributed by atoms with Crippen LogP contribution in [0.25, 0.3) is 22.3 Å². The van der Waals surface area contributed by atoms with Gasteiger partial charge in [-0.15, -0.1) is 0 Å². The van der Waals surface area contributed by atoms with E-state index in [9.17, 15) is 4.39 Å². The van der Waals surface area contributed by atoms with Gasteiger partial charge in [-0.3, -0.25) is 0 Å². The van der Waals surface area contributed by atoms with Gasteiger partial charge in [0, 0.05) is 41.7 Å². The maximum Gasteiger partial charge on any atom is 0.162 e. The van der Waals surface area contributed by atoms with Crippen molar-refractivity contribution < 1.29 is 13.9 Å². The largest absolute Gasteiger partial charge is 0.489 e. The molecule has 0 aliphatic rings.